The molecule has 14 heavy (non-hydrogen) atoms. The van der Waals surface area contributed by atoms with Crippen molar-refractivity contribution in [2.24, 2.45) is 0 Å². The third kappa shape index (κ3) is 4.11. The predicted molar refractivity (Wildman–Crippen MR) is 54.3 cm³/mol. The molecule has 4 nitrogen and oxygen atoms in total. The summed E-state index contributed by atoms with van der Waals surface area (Å²) in [5.74, 6) is 0.770. The van der Waals surface area contributed by atoms with Crippen LogP contribution in [0.4, 0.5) is 5.69 Å². The number of aliphatic hydroxyl groups is 1. The van der Waals surface area contributed by atoms with Gasteiger partial charge in [-0.05, 0) is 24.3 Å². The summed E-state index contributed by atoms with van der Waals surface area (Å²) in [5.41, 5.74) is 6.23. The lowest BCUT2D eigenvalue weighted by molar-refractivity contribution is 0.0705. The zero-order valence-corrected chi connectivity index (χ0v) is 7.98. The van der Waals surface area contributed by atoms with Gasteiger partial charge in [-0.1, -0.05) is 0 Å². The van der Waals surface area contributed by atoms with Crippen molar-refractivity contribution in [1.82, 2.24) is 0 Å². The first kappa shape index (κ1) is 10.8. The van der Waals surface area contributed by atoms with Gasteiger partial charge in [-0.15, -0.1) is 0 Å². The van der Waals surface area contributed by atoms with Gasteiger partial charge in [0.25, 0.3) is 0 Å². The van der Waals surface area contributed by atoms with Gasteiger partial charge in [0.1, 0.15) is 12.4 Å². The van der Waals surface area contributed by atoms with E-state index in [0.717, 1.165) is 5.75 Å². The number of ether oxygens (including phenoxy) is 2. The van der Waals surface area contributed by atoms with E-state index in [1.165, 1.54) is 0 Å². The molecule has 0 unspecified atom stereocenters. The Bertz CT molecular complexity index is 248. The molecule has 78 valence electrons. The molecule has 0 aromatic heterocycles. The monoisotopic (exact) mass is 197 g/mol. The topological polar surface area (TPSA) is 64.7 Å². The van der Waals surface area contributed by atoms with Crippen LogP contribution >= 0.6 is 0 Å². The van der Waals surface area contributed by atoms with E-state index in [2.05, 4.69) is 0 Å². The molecule has 0 saturated carbocycles. The van der Waals surface area contributed by atoms with Crippen molar-refractivity contribution in [3.05, 3.63) is 24.3 Å². The molecule has 1 rings (SSSR count). The molecule has 0 fully saturated rings. The lowest BCUT2D eigenvalue weighted by Gasteiger charge is -2.06. The number of hydrogen-bond acceptors (Lipinski definition) is 4. The number of anilines is 1. The second-order valence-corrected chi connectivity index (χ2v) is 2.75. The quantitative estimate of drug-likeness (QED) is 0.519. The van der Waals surface area contributed by atoms with E-state index in [0.29, 0.717) is 25.5 Å². The minimum absolute atomic E-state index is 0.0435. The molecule has 0 aliphatic heterocycles. The average Bonchev–Trinajstić information content (AvgIpc) is 2.21. The molecule has 0 atom stereocenters. The van der Waals surface area contributed by atoms with Gasteiger partial charge in [0.2, 0.25) is 0 Å². The predicted octanol–water partition coefficient (Wildman–Crippen LogP) is 0.657. The van der Waals surface area contributed by atoms with Crippen molar-refractivity contribution in [2.45, 2.75) is 0 Å². The SMILES string of the molecule is Nc1ccc(OCCOCCO)cc1. The van der Waals surface area contributed by atoms with Crippen molar-refractivity contribution in [1.29, 1.82) is 0 Å². The van der Waals surface area contributed by atoms with Gasteiger partial charge in [0.15, 0.2) is 0 Å². The Balaban J connectivity index is 2.15. The molecule has 0 saturated heterocycles. The number of nitrogen functional groups attached to an aromatic ring is 1. The maximum absolute atomic E-state index is 8.43. The highest BCUT2D eigenvalue weighted by molar-refractivity contribution is 5.41. The van der Waals surface area contributed by atoms with Crippen LogP contribution in [-0.4, -0.2) is 31.5 Å². The Hall–Kier alpha value is -1.26. The highest BCUT2D eigenvalue weighted by Gasteiger charge is 1.92. The molecule has 0 amide bonds. The molecule has 1 aromatic rings. The Kier molecular flexibility index (Phi) is 4.82. The Morgan fingerprint density at radius 3 is 2.43 bits per heavy atom. The third-order valence-electron chi connectivity index (χ3n) is 1.61. The molecule has 0 heterocycles. The van der Waals surface area contributed by atoms with Crippen molar-refractivity contribution in [3.8, 4) is 5.75 Å². The summed E-state index contributed by atoms with van der Waals surface area (Å²) in [4.78, 5) is 0. The highest BCUT2D eigenvalue weighted by atomic mass is 16.5. The second-order valence-electron chi connectivity index (χ2n) is 2.75. The van der Waals surface area contributed by atoms with Gasteiger partial charge in [-0.2, -0.15) is 0 Å². The van der Waals surface area contributed by atoms with Crippen LogP contribution < -0.4 is 10.5 Å². The standard InChI is InChI=1S/C10H15NO3/c11-9-1-3-10(4-2-9)14-8-7-13-6-5-12/h1-4,12H,5-8,11H2. The van der Waals surface area contributed by atoms with Gasteiger partial charge >= 0.3 is 0 Å². The summed E-state index contributed by atoms with van der Waals surface area (Å²) in [7, 11) is 0. The summed E-state index contributed by atoms with van der Waals surface area (Å²) in [6.45, 7) is 1.35. The van der Waals surface area contributed by atoms with E-state index in [1.54, 1.807) is 24.3 Å². The van der Waals surface area contributed by atoms with Gasteiger partial charge in [-0.3, -0.25) is 0 Å². The van der Waals surface area contributed by atoms with Gasteiger partial charge < -0.3 is 20.3 Å². The van der Waals surface area contributed by atoms with Crippen LogP contribution in [0.25, 0.3) is 0 Å². The van der Waals surface area contributed by atoms with E-state index in [4.69, 9.17) is 20.3 Å². The smallest absolute Gasteiger partial charge is 0.119 e. The largest absolute Gasteiger partial charge is 0.491 e. The second kappa shape index (κ2) is 6.23. The molecular formula is C10H15NO3. The van der Waals surface area contributed by atoms with E-state index in [9.17, 15) is 0 Å². The molecule has 0 spiro atoms. The first-order valence-electron chi connectivity index (χ1n) is 4.50. The van der Waals surface area contributed by atoms with Gasteiger partial charge in [0, 0.05) is 5.69 Å². The fraction of sp³-hybridized carbons (Fsp3) is 0.400. The molecule has 1 aromatic carbocycles. The molecule has 0 aliphatic carbocycles. The molecule has 0 radical (unpaired) electrons. The summed E-state index contributed by atoms with van der Waals surface area (Å²) >= 11 is 0. The van der Waals surface area contributed by atoms with E-state index >= 15 is 0 Å². The first-order chi connectivity index (χ1) is 6.83. The third-order valence-corrected chi connectivity index (χ3v) is 1.61. The summed E-state index contributed by atoms with van der Waals surface area (Å²) in [6, 6.07) is 7.18. The van der Waals surface area contributed by atoms with Crippen LogP contribution in [0, 0.1) is 0 Å². The van der Waals surface area contributed by atoms with Gasteiger partial charge in [0.05, 0.1) is 19.8 Å². The zero-order valence-electron chi connectivity index (χ0n) is 7.98. The molecule has 0 aliphatic rings. The number of benzene rings is 1. The number of hydrogen-bond donors (Lipinski definition) is 2. The maximum Gasteiger partial charge on any atom is 0.119 e. The minimum Gasteiger partial charge on any atom is -0.491 e. The van der Waals surface area contributed by atoms with E-state index < -0.39 is 0 Å². The fourth-order valence-electron chi connectivity index (χ4n) is 0.949. The molecule has 4 heteroatoms. The van der Waals surface area contributed by atoms with E-state index in [1.807, 2.05) is 0 Å². The highest BCUT2D eigenvalue weighted by Crippen LogP contribution is 2.12. The normalized spacial score (nSPS) is 10.1. The average molecular weight is 197 g/mol. The Morgan fingerprint density at radius 2 is 1.79 bits per heavy atom. The Morgan fingerprint density at radius 1 is 1.07 bits per heavy atom. The van der Waals surface area contributed by atoms with Crippen LogP contribution in [0.15, 0.2) is 24.3 Å². The molecular weight excluding hydrogens is 182 g/mol. The van der Waals surface area contributed by atoms with Crippen molar-refractivity contribution >= 4 is 5.69 Å². The summed E-state index contributed by atoms with van der Waals surface area (Å²) in [5, 5.41) is 8.43. The van der Waals surface area contributed by atoms with Crippen molar-refractivity contribution in [3.63, 3.8) is 0 Å². The van der Waals surface area contributed by atoms with Crippen LogP contribution in [0.5, 0.6) is 5.75 Å². The lowest BCUT2D eigenvalue weighted by Crippen LogP contribution is -2.09. The number of aliphatic hydroxyl groups excluding tert-OH is 1. The maximum atomic E-state index is 8.43. The van der Waals surface area contributed by atoms with Crippen LogP contribution in [-0.2, 0) is 4.74 Å². The first-order valence-corrected chi connectivity index (χ1v) is 4.50. The zero-order chi connectivity index (χ0) is 10.2. The molecule has 3 N–H and O–H groups in total. The number of nitrogens with two attached hydrogens (primary N) is 1. The lowest BCUT2D eigenvalue weighted by atomic mass is 10.3. The Labute approximate surface area is 83.3 Å². The summed E-state index contributed by atoms with van der Waals surface area (Å²) in [6.07, 6.45) is 0. The van der Waals surface area contributed by atoms with Gasteiger partial charge in [-0.25, -0.2) is 0 Å². The van der Waals surface area contributed by atoms with Crippen LogP contribution in [0.1, 0.15) is 0 Å². The minimum atomic E-state index is 0.0435. The van der Waals surface area contributed by atoms with Crippen molar-refractivity contribution < 1.29 is 14.6 Å². The van der Waals surface area contributed by atoms with Crippen molar-refractivity contribution in [2.75, 3.05) is 32.2 Å². The van der Waals surface area contributed by atoms with Crippen LogP contribution in [0.3, 0.4) is 0 Å². The molecule has 0 bridgehead atoms. The van der Waals surface area contributed by atoms with E-state index in [-0.39, 0.29) is 6.61 Å². The fourth-order valence-corrected chi connectivity index (χ4v) is 0.949. The summed E-state index contributed by atoms with van der Waals surface area (Å²) < 4.78 is 10.4. The number of rotatable bonds is 6. The van der Waals surface area contributed by atoms with Crippen LogP contribution in [0.2, 0.25) is 0 Å².